The van der Waals surface area contributed by atoms with E-state index in [9.17, 15) is 23.1 Å². The van der Waals surface area contributed by atoms with Crippen molar-refractivity contribution < 1.29 is 23.1 Å². The van der Waals surface area contributed by atoms with Crippen molar-refractivity contribution in [2.24, 2.45) is 17.6 Å². The van der Waals surface area contributed by atoms with Crippen LogP contribution in [-0.4, -0.2) is 35.9 Å². The molecule has 1 fully saturated rings. The third kappa shape index (κ3) is 3.40. The summed E-state index contributed by atoms with van der Waals surface area (Å²) in [7, 11) is 0. The minimum Gasteiger partial charge on any atom is -0.478 e. The Balaban J connectivity index is 1.87. The molecule has 4 atom stereocenters. The van der Waals surface area contributed by atoms with E-state index < -0.39 is 24.2 Å². The van der Waals surface area contributed by atoms with Gasteiger partial charge in [0.2, 0.25) is 0 Å². The molecule has 4 N–H and O–H groups in total. The maximum atomic E-state index is 12.5. The van der Waals surface area contributed by atoms with Crippen LogP contribution in [0.2, 0.25) is 0 Å². The van der Waals surface area contributed by atoms with E-state index in [1.807, 2.05) is 13.0 Å². The minimum atomic E-state index is -4.26. The smallest absolute Gasteiger partial charge is 0.401 e. The van der Waals surface area contributed by atoms with Gasteiger partial charge in [-0.15, -0.1) is 0 Å². The average molecular weight is 356 g/mol. The van der Waals surface area contributed by atoms with E-state index in [0.717, 1.165) is 24.0 Å². The van der Waals surface area contributed by atoms with Crippen molar-refractivity contribution in [1.29, 1.82) is 0 Å². The molecule has 0 radical (unpaired) electrons. The molecule has 1 aromatic carbocycles. The van der Waals surface area contributed by atoms with Crippen molar-refractivity contribution in [3.05, 3.63) is 34.9 Å². The maximum absolute atomic E-state index is 12.5. The van der Waals surface area contributed by atoms with Crippen LogP contribution < -0.4 is 11.1 Å². The summed E-state index contributed by atoms with van der Waals surface area (Å²) in [5.41, 5.74) is 8.22. The van der Waals surface area contributed by atoms with Crippen LogP contribution >= 0.6 is 0 Å². The SMILES string of the molecule is CC1c2cc(C(=O)O)ccc2CC2CCC1C2(N)CNCC(F)(F)F. The summed E-state index contributed by atoms with van der Waals surface area (Å²) < 4.78 is 37.4. The number of alkyl halides is 3. The molecule has 0 saturated heterocycles. The van der Waals surface area contributed by atoms with Crippen LogP contribution in [0.1, 0.15) is 47.2 Å². The van der Waals surface area contributed by atoms with E-state index in [1.54, 1.807) is 12.1 Å². The Hall–Kier alpha value is -1.60. The topological polar surface area (TPSA) is 75.3 Å². The summed E-state index contributed by atoms with van der Waals surface area (Å²) in [4.78, 5) is 11.3. The lowest BCUT2D eigenvalue weighted by molar-refractivity contribution is -0.125. The molecule has 138 valence electrons. The average Bonchev–Trinajstić information content (AvgIpc) is 2.77. The van der Waals surface area contributed by atoms with Crippen molar-refractivity contribution in [1.82, 2.24) is 5.32 Å². The molecule has 7 heteroatoms. The van der Waals surface area contributed by atoms with Gasteiger partial charge in [-0.3, -0.25) is 0 Å². The van der Waals surface area contributed by atoms with Crippen LogP contribution in [0.5, 0.6) is 0 Å². The Kier molecular flexibility index (Phi) is 4.58. The summed E-state index contributed by atoms with van der Waals surface area (Å²) in [5, 5.41) is 11.7. The number of nitrogens with one attached hydrogen (secondary N) is 1. The maximum Gasteiger partial charge on any atom is 0.401 e. The molecular weight excluding hydrogens is 333 g/mol. The van der Waals surface area contributed by atoms with Gasteiger partial charge in [-0.1, -0.05) is 13.0 Å². The molecule has 0 aromatic heterocycles. The van der Waals surface area contributed by atoms with E-state index in [4.69, 9.17) is 5.73 Å². The normalized spacial score (nSPS) is 31.5. The molecule has 1 aromatic rings. The first kappa shape index (κ1) is 18.2. The van der Waals surface area contributed by atoms with Crippen LogP contribution in [0.4, 0.5) is 13.2 Å². The number of carbonyl (C=O) groups is 1. The van der Waals surface area contributed by atoms with Crippen LogP contribution in [0.3, 0.4) is 0 Å². The van der Waals surface area contributed by atoms with Crippen molar-refractivity contribution in [3.63, 3.8) is 0 Å². The Morgan fingerprint density at radius 1 is 1.40 bits per heavy atom. The highest BCUT2D eigenvalue weighted by Gasteiger charge is 2.51. The number of aromatic carboxylic acids is 1. The lowest BCUT2D eigenvalue weighted by atomic mass is 9.75. The van der Waals surface area contributed by atoms with Crippen molar-refractivity contribution in [2.45, 2.75) is 43.8 Å². The van der Waals surface area contributed by atoms with Crippen LogP contribution in [0.15, 0.2) is 18.2 Å². The van der Waals surface area contributed by atoms with Crippen LogP contribution in [-0.2, 0) is 6.42 Å². The molecule has 0 heterocycles. The number of hydrogen-bond donors (Lipinski definition) is 3. The third-order valence-electron chi connectivity index (χ3n) is 5.99. The number of carboxylic acids is 1. The standard InChI is InChI=1S/C18H23F3N2O2/c1-10-14-7-12(16(24)25)3-2-11(14)6-13-4-5-15(10)17(13,22)8-23-9-18(19,20)21/h2-3,7,10,13,15,23H,4-6,8-9,22H2,1H3,(H,24,25). The van der Waals surface area contributed by atoms with E-state index >= 15 is 0 Å². The molecule has 4 nitrogen and oxygen atoms in total. The summed E-state index contributed by atoms with van der Waals surface area (Å²) in [6.45, 7) is 1.08. The van der Waals surface area contributed by atoms with Gasteiger partial charge >= 0.3 is 12.1 Å². The van der Waals surface area contributed by atoms with E-state index in [2.05, 4.69) is 5.32 Å². The number of nitrogens with two attached hydrogens (primary N) is 1. The van der Waals surface area contributed by atoms with E-state index in [0.29, 0.717) is 6.42 Å². The number of benzene rings is 1. The minimum absolute atomic E-state index is 0.0134. The Morgan fingerprint density at radius 3 is 2.76 bits per heavy atom. The molecule has 0 aliphatic heterocycles. The van der Waals surface area contributed by atoms with E-state index in [-0.39, 0.29) is 29.9 Å². The molecular formula is C18H23F3N2O2. The highest BCUT2D eigenvalue weighted by atomic mass is 19.4. The molecule has 25 heavy (non-hydrogen) atoms. The third-order valence-corrected chi connectivity index (χ3v) is 5.99. The zero-order chi connectivity index (χ0) is 18.4. The quantitative estimate of drug-likeness (QED) is 0.775. The summed E-state index contributed by atoms with van der Waals surface area (Å²) >= 11 is 0. The molecule has 2 aliphatic carbocycles. The zero-order valence-electron chi connectivity index (χ0n) is 14.1. The monoisotopic (exact) mass is 356 g/mol. The molecule has 3 rings (SSSR count). The van der Waals surface area contributed by atoms with Gasteiger partial charge in [-0.25, -0.2) is 4.79 Å². The second-order valence-corrected chi connectivity index (χ2v) is 7.42. The van der Waals surface area contributed by atoms with Crippen LogP contribution in [0.25, 0.3) is 0 Å². The summed E-state index contributed by atoms with van der Waals surface area (Å²) in [5.74, 6) is -0.837. The zero-order valence-corrected chi connectivity index (χ0v) is 14.1. The van der Waals surface area contributed by atoms with Gasteiger partial charge in [0.1, 0.15) is 0 Å². The molecule has 2 aliphatic rings. The second-order valence-electron chi connectivity index (χ2n) is 7.42. The largest absolute Gasteiger partial charge is 0.478 e. The van der Waals surface area contributed by atoms with Gasteiger partial charge in [0.15, 0.2) is 0 Å². The van der Waals surface area contributed by atoms with Gasteiger partial charge in [-0.2, -0.15) is 13.2 Å². The van der Waals surface area contributed by atoms with Gasteiger partial charge in [0.25, 0.3) is 0 Å². The summed E-state index contributed by atoms with van der Waals surface area (Å²) in [6.07, 6.45) is -1.84. The number of fused-ring (bicyclic) bond motifs is 3. The first-order valence-corrected chi connectivity index (χ1v) is 8.54. The van der Waals surface area contributed by atoms with Gasteiger partial charge in [0, 0.05) is 12.1 Å². The molecule has 0 amide bonds. The van der Waals surface area contributed by atoms with Crippen LogP contribution in [0, 0.1) is 11.8 Å². The predicted molar refractivity (Wildman–Crippen MR) is 87.6 cm³/mol. The van der Waals surface area contributed by atoms with Gasteiger partial charge < -0.3 is 16.2 Å². The highest BCUT2D eigenvalue weighted by molar-refractivity contribution is 5.88. The fraction of sp³-hybridized carbons (Fsp3) is 0.611. The number of hydrogen-bond acceptors (Lipinski definition) is 3. The molecule has 4 unspecified atom stereocenters. The van der Waals surface area contributed by atoms with Gasteiger partial charge in [0.05, 0.1) is 12.1 Å². The lowest BCUT2D eigenvalue weighted by Crippen LogP contribution is -2.57. The molecule has 1 saturated carbocycles. The fourth-order valence-electron chi connectivity index (χ4n) is 4.74. The Bertz CT molecular complexity index is 677. The number of carboxylic acid groups (broad SMARTS) is 1. The van der Waals surface area contributed by atoms with E-state index in [1.165, 1.54) is 0 Å². The Labute approximate surface area is 144 Å². The van der Waals surface area contributed by atoms with Crippen molar-refractivity contribution >= 4 is 5.97 Å². The van der Waals surface area contributed by atoms with Crippen molar-refractivity contribution in [2.75, 3.05) is 13.1 Å². The van der Waals surface area contributed by atoms with Gasteiger partial charge in [-0.05, 0) is 60.3 Å². The Morgan fingerprint density at radius 2 is 2.12 bits per heavy atom. The predicted octanol–water partition coefficient (Wildman–Crippen LogP) is 2.92. The number of rotatable bonds is 4. The van der Waals surface area contributed by atoms with Crippen molar-refractivity contribution in [3.8, 4) is 0 Å². The fourth-order valence-corrected chi connectivity index (χ4v) is 4.74. The second kappa shape index (κ2) is 6.29. The number of halogens is 3. The molecule has 2 bridgehead atoms. The molecule has 0 spiro atoms. The summed E-state index contributed by atoms with van der Waals surface area (Å²) in [6, 6.07) is 5.12. The lowest BCUT2D eigenvalue weighted by Gasteiger charge is -2.38. The first-order chi connectivity index (χ1) is 11.6. The highest BCUT2D eigenvalue weighted by Crippen LogP contribution is 2.51. The first-order valence-electron chi connectivity index (χ1n) is 8.54.